The van der Waals surface area contributed by atoms with Crippen LogP contribution in [0, 0.1) is 12.8 Å². The molecule has 23 heavy (non-hydrogen) atoms. The van der Waals surface area contributed by atoms with Gasteiger partial charge in [-0.25, -0.2) is 0 Å². The third-order valence-corrected chi connectivity index (χ3v) is 4.65. The van der Waals surface area contributed by atoms with Crippen LogP contribution in [0.25, 0.3) is 0 Å². The molecule has 1 fully saturated rings. The van der Waals surface area contributed by atoms with E-state index in [0.717, 1.165) is 37.2 Å². The molecule has 126 valence electrons. The molecule has 2 rings (SSSR count). The quantitative estimate of drug-likeness (QED) is 0.795. The van der Waals surface area contributed by atoms with Crippen molar-refractivity contribution in [1.29, 1.82) is 0 Å². The SMILES string of the molecule is CCCN(CCC)C(=O)C1CC(=O)N(c2ccc(C)c(Cl)c2)C1. The highest BCUT2D eigenvalue weighted by Gasteiger charge is 2.37. The largest absolute Gasteiger partial charge is 0.342 e. The molecule has 4 nitrogen and oxygen atoms in total. The first-order chi connectivity index (χ1) is 11.0. The number of amides is 2. The molecule has 5 heteroatoms. The Morgan fingerprint density at radius 1 is 1.30 bits per heavy atom. The summed E-state index contributed by atoms with van der Waals surface area (Å²) in [5, 5.41) is 0.642. The number of hydrogen-bond donors (Lipinski definition) is 0. The van der Waals surface area contributed by atoms with Crippen LogP contribution in [0.1, 0.15) is 38.7 Å². The van der Waals surface area contributed by atoms with E-state index in [1.807, 2.05) is 24.0 Å². The van der Waals surface area contributed by atoms with Crippen LogP contribution in [0.4, 0.5) is 5.69 Å². The van der Waals surface area contributed by atoms with Crippen LogP contribution < -0.4 is 4.90 Å². The molecule has 0 saturated carbocycles. The topological polar surface area (TPSA) is 40.6 Å². The van der Waals surface area contributed by atoms with Crippen LogP contribution in [0.2, 0.25) is 5.02 Å². The second-order valence-electron chi connectivity index (χ2n) is 6.16. The maximum absolute atomic E-state index is 12.7. The second kappa shape index (κ2) is 7.82. The van der Waals surface area contributed by atoms with Gasteiger partial charge in [0, 0.05) is 36.8 Å². The van der Waals surface area contributed by atoms with Gasteiger partial charge in [-0.3, -0.25) is 9.59 Å². The molecular formula is C18H25ClN2O2. The van der Waals surface area contributed by atoms with E-state index in [1.54, 1.807) is 11.0 Å². The normalized spacial score (nSPS) is 17.7. The van der Waals surface area contributed by atoms with Gasteiger partial charge in [-0.15, -0.1) is 0 Å². The molecule has 1 aliphatic rings. The monoisotopic (exact) mass is 336 g/mol. The van der Waals surface area contributed by atoms with E-state index in [-0.39, 0.29) is 24.2 Å². The molecule has 1 aromatic rings. The van der Waals surface area contributed by atoms with Gasteiger partial charge in [-0.1, -0.05) is 31.5 Å². The van der Waals surface area contributed by atoms with E-state index >= 15 is 0 Å². The fraction of sp³-hybridized carbons (Fsp3) is 0.556. The van der Waals surface area contributed by atoms with E-state index < -0.39 is 0 Å². The maximum Gasteiger partial charge on any atom is 0.228 e. The molecule has 1 aromatic carbocycles. The summed E-state index contributed by atoms with van der Waals surface area (Å²) in [6, 6.07) is 5.60. The Hall–Kier alpha value is -1.55. The van der Waals surface area contributed by atoms with E-state index in [2.05, 4.69) is 13.8 Å². The zero-order valence-corrected chi connectivity index (χ0v) is 14.9. The first-order valence-electron chi connectivity index (χ1n) is 8.33. The Kier molecular flexibility index (Phi) is 6.05. The zero-order chi connectivity index (χ0) is 17.0. The highest BCUT2D eigenvalue weighted by Crippen LogP contribution is 2.29. The minimum atomic E-state index is -0.249. The predicted octanol–water partition coefficient (Wildman–Crippen LogP) is 3.65. The summed E-state index contributed by atoms with van der Waals surface area (Å²) in [4.78, 5) is 28.6. The van der Waals surface area contributed by atoms with Gasteiger partial charge in [0.05, 0.1) is 5.92 Å². The van der Waals surface area contributed by atoms with Crippen molar-refractivity contribution >= 4 is 29.1 Å². The highest BCUT2D eigenvalue weighted by atomic mass is 35.5. The summed E-state index contributed by atoms with van der Waals surface area (Å²) in [6.07, 6.45) is 2.15. The van der Waals surface area contributed by atoms with Gasteiger partial charge >= 0.3 is 0 Å². The van der Waals surface area contributed by atoms with Gasteiger partial charge < -0.3 is 9.80 Å². The Labute approximate surface area is 143 Å². The average Bonchev–Trinajstić information content (AvgIpc) is 2.91. The van der Waals surface area contributed by atoms with Gasteiger partial charge in [0.1, 0.15) is 0 Å². The molecule has 0 bridgehead atoms. The van der Waals surface area contributed by atoms with Gasteiger partial charge in [0.2, 0.25) is 11.8 Å². The lowest BCUT2D eigenvalue weighted by Gasteiger charge is -2.25. The van der Waals surface area contributed by atoms with Crippen molar-refractivity contribution in [2.24, 2.45) is 5.92 Å². The number of nitrogens with zero attached hydrogens (tertiary/aromatic N) is 2. The zero-order valence-electron chi connectivity index (χ0n) is 14.1. The first kappa shape index (κ1) is 17.8. The van der Waals surface area contributed by atoms with Crippen molar-refractivity contribution in [2.75, 3.05) is 24.5 Å². The summed E-state index contributed by atoms with van der Waals surface area (Å²) in [5.74, 6) is -0.153. The average molecular weight is 337 g/mol. The Bertz CT molecular complexity index is 582. The lowest BCUT2D eigenvalue weighted by Crippen LogP contribution is -2.38. The Morgan fingerprint density at radius 2 is 1.96 bits per heavy atom. The molecule has 0 spiro atoms. The van der Waals surface area contributed by atoms with E-state index in [1.165, 1.54) is 0 Å². The smallest absolute Gasteiger partial charge is 0.228 e. The van der Waals surface area contributed by atoms with Crippen molar-refractivity contribution in [3.05, 3.63) is 28.8 Å². The summed E-state index contributed by atoms with van der Waals surface area (Å²) >= 11 is 6.16. The van der Waals surface area contributed by atoms with E-state index in [0.29, 0.717) is 11.6 Å². The van der Waals surface area contributed by atoms with Crippen LogP contribution in [-0.2, 0) is 9.59 Å². The van der Waals surface area contributed by atoms with Crippen LogP contribution in [0.3, 0.4) is 0 Å². The number of carbonyl (C=O) groups is 2. The second-order valence-corrected chi connectivity index (χ2v) is 6.57. The summed E-state index contributed by atoms with van der Waals surface area (Å²) in [7, 11) is 0. The number of rotatable bonds is 6. The van der Waals surface area contributed by atoms with Crippen molar-refractivity contribution in [3.8, 4) is 0 Å². The van der Waals surface area contributed by atoms with Crippen molar-refractivity contribution in [2.45, 2.75) is 40.0 Å². The number of hydrogen-bond acceptors (Lipinski definition) is 2. The Morgan fingerprint density at radius 3 is 2.52 bits per heavy atom. The number of halogens is 1. The fourth-order valence-electron chi connectivity index (χ4n) is 3.00. The molecule has 1 unspecified atom stereocenters. The van der Waals surface area contributed by atoms with Crippen molar-refractivity contribution < 1.29 is 9.59 Å². The van der Waals surface area contributed by atoms with Crippen molar-refractivity contribution in [1.82, 2.24) is 4.90 Å². The molecule has 2 amide bonds. The van der Waals surface area contributed by atoms with Gasteiger partial charge in [-0.2, -0.15) is 0 Å². The summed E-state index contributed by atoms with van der Waals surface area (Å²) < 4.78 is 0. The van der Waals surface area contributed by atoms with Crippen LogP contribution in [-0.4, -0.2) is 36.3 Å². The molecule has 1 atom stereocenters. The molecular weight excluding hydrogens is 312 g/mol. The fourth-order valence-corrected chi connectivity index (χ4v) is 3.18. The molecule has 0 aliphatic carbocycles. The minimum Gasteiger partial charge on any atom is -0.342 e. The van der Waals surface area contributed by atoms with Crippen LogP contribution >= 0.6 is 11.6 Å². The number of anilines is 1. The van der Waals surface area contributed by atoms with Gasteiger partial charge in [0.15, 0.2) is 0 Å². The third kappa shape index (κ3) is 4.05. The molecule has 0 radical (unpaired) electrons. The van der Waals surface area contributed by atoms with E-state index in [9.17, 15) is 9.59 Å². The third-order valence-electron chi connectivity index (χ3n) is 4.24. The number of carbonyl (C=O) groups excluding carboxylic acids is 2. The number of aryl methyl sites for hydroxylation is 1. The molecule has 1 heterocycles. The lowest BCUT2D eigenvalue weighted by molar-refractivity contribution is -0.135. The minimum absolute atomic E-state index is 0.00350. The van der Waals surface area contributed by atoms with Gasteiger partial charge in [-0.05, 0) is 37.5 Å². The lowest BCUT2D eigenvalue weighted by atomic mass is 10.1. The van der Waals surface area contributed by atoms with Crippen LogP contribution in [0.5, 0.6) is 0 Å². The molecule has 0 aromatic heterocycles. The van der Waals surface area contributed by atoms with E-state index in [4.69, 9.17) is 11.6 Å². The summed E-state index contributed by atoms with van der Waals surface area (Å²) in [5.41, 5.74) is 1.75. The predicted molar refractivity (Wildman–Crippen MR) is 93.8 cm³/mol. The van der Waals surface area contributed by atoms with Crippen LogP contribution in [0.15, 0.2) is 18.2 Å². The molecule has 1 aliphatic heterocycles. The molecule has 0 N–H and O–H groups in total. The Balaban J connectivity index is 2.12. The highest BCUT2D eigenvalue weighted by molar-refractivity contribution is 6.31. The van der Waals surface area contributed by atoms with Crippen molar-refractivity contribution in [3.63, 3.8) is 0 Å². The first-order valence-corrected chi connectivity index (χ1v) is 8.71. The van der Waals surface area contributed by atoms with Gasteiger partial charge in [0.25, 0.3) is 0 Å². The standard InChI is InChI=1S/C18H25ClN2O2/c1-4-8-20(9-5-2)18(23)14-10-17(22)21(12-14)15-7-6-13(3)16(19)11-15/h6-7,11,14H,4-5,8-10,12H2,1-3H3. The summed E-state index contributed by atoms with van der Waals surface area (Å²) in [6.45, 7) is 8.02. The number of benzene rings is 1. The molecule has 1 saturated heterocycles. The maximum atomic E-state index is 12.7.